The summed E-state index contributed by atoms with van der Waals surface area (Å²) in [4.78, 5) is 0. The van der Waals surface area contributed by atoms with Gasteiger partial charge in [-0.1, -0.05) is 36.4 Å². The molecule has 0 atom stereocenters. The van der Waals surface area contributed by atoms with E-state index in [1.165, 1.54) is 5.56 Å². The van der Waals surface area contributed by atoms with E-state index in [1.807, 2.05) is 13.0 Å². The van der Waals surface area contributed by atoms with Gasteiger partial charge in [-0.25, -0.2) is 0 Å². The lowest BCUT2D eigenvalue weighted by Gasteiger charge is -2.22. The van der Waals surface area contributed by atoms with E-state index in [4.69, 9.17) is 8.85 Å². The van der Waals surface area contributed by atoms with Crippen LogP contribution in [0, 0.1) is 0 Å². The average Bonchev–Trinajstić information content (AvgIpc) is 2.38. The van der Waals surface area contributed by atoms with Crippen LogP contribution in [0.3, 0.4) is 0 Å². The number of rotatable bonds is 5. The van der Waals surface area contributed by atoms with E-state index in [0.29, 0.717) is 0 Å². The van der Waals surface area contributed by atoms with Gasteiger partial charge in [0.2, 0.25) is 0 Å². The summed E-state index contributed by atoms with van der Waals surface area (Å²) in [5, 5.41) is 0. The predicted molar refractivity (Wildman–Crippen MR) is 76.5 cm³/mol. The number of benzene rings is 1. The summed E-state index contributed by atoms with van der Waals surface area (Å²) < 4.78 is 10.9. The summed E-state index contributed by atoms with van der Waals surface area (Å²) in [7, 11) is 1.59. The van der Waals surface area contributed by atoms with Gasteiger partial charge < -0.3 is 8.85 Å². The first kappa shape index (κ1) is 16.1. The number of aryl methyl sites for hydroxylation is 1. The first-order valence-corrected chi connectivity index (χ1v) is 8.35. The Morgan fingerprint density at radius 2 is 1.65 bits per heavy atom. The van der Waals surface area contributed by atoms with Gasteiger partial charge in [-0.05, 0) is 31.5 Å². The molecule has 0 unspecified atom stereocenters. The van der Waals surface area contributed by atoms with E-state index < -0.39 is 8.56 Å². The van der Waals surface area contributed by atoms with Crippen molar-refractivity contribution in [1.29, 1.82) is 0 Å². The van der Waals surface area contributed by atoms with Crippen LogP contribution in [-0.2, 0) is 15.3 Å². The third kappa shape index (κ3) is 7.10. The molecule has 0 radical (unpaired) electrons. The summed E-state index contributed by atoms with van der Waals surface area (Å²) in [5.74, 6) is 0. The summed E-state index contributed by atoms with van der Waals surface area (Å²) >= 11 is 0. The maximum absolute atomic E-state index is 5.43. The van der Waals surface area contributed by atoms with Crippen molar-refractivity contribution >= 4 is 8.56 Å². The van der Waals surface area contributed by atoms with Gasteiger partial charge in [0.15, 0.2) is 0 Å². The molecule has 0 bridgehead atoms. The normalized spacial score (nSPS) is 10.4. The maximum atomic E-state index is 5.43. The van der Waals surface area contributed by atoms with Crippen LogP contribution in [0.4, 0.5) is 0 Å². The van der Waals surface area contributed by atoms with Gasteiger partial charge in [0.05, 0.1) is 0 Å². The predicted octanol–water partition coefficient (Wildman–Crippen LogP) is 3.79. The molecular weight excluding hydrogens is 228 g/mol. The van der Waals surface area contributed by atoms with E-state index in [-0.39, 0.29) is 0 Å². The SMILES string of the molecule is C=CC.CO[Si](C)(CCc1ccccc1)OC. The fraction of sp³-hybridized carbons (Fsp3) is 0.429. The van der Waals surface area contributed by atoms with Gasteiger partial charge >= 0.3 is 8.56 Å². The monoisotopic (exact) mass is 252 g/mol. The van der Waals surface area contributed by atoms with Crippen molar-refractivity contribution in [2.24, 2.45) is 0 Å². The van der Waals surface area contributed by atoms with Crippen molar-refractivity contribution < 1.29 is 8.85 Å². The van der Waals surface area contributed by atoms with Gasteiger partial charge in [0, 0.05) is 14.2 Å². The summed E-state index contributed by atoms with van der Waals surface area (Å²) in [6, 6.07) is 11.4. The van der Waals surface area contributed by atoms with Crippen molar-refractivity contribution in [3.63, 3.8) is 0 Å². The Labute approximate surface area is 107 Å². The molecule has 0 heterocycles. The standard InChI is InChI=1S/C11H18O2Si.C3H6/c1-12-14(3,13-2)10-9-11-7-5-4-6-8-11;1-3-2/h4-8H,9-10H2,1-3H3;3H,1H2,2H3. The molecule has 0 aromatic heterocycles. The highest BCUT2D eigenvalue weighted by atomic mass is 28.4. The molecule has 3 heteroatoms. The zero-order valence-corrected chi connectivity index (χ0v) is 12.4. The number of hydrogen-bond donors (Lipinski definition) is 0. The highest BCUT2D eigenvalue weighted by molar-refractivity contribution is 6.65. The topological polar surface area (TPSA) is 18.5 Å². The summed E-state index contributed by atoms with van der Waals surface area (Å²) in [6.07, 6.45) is 2.78. The minimum absolute atomic E-state index is 1.00. The highest BCUT2D eigenvalue weighted by Gasteiger charge is 2.27. The molecular formula is C14H24O2Si. The second-order valence-electron chi connectivity index (χ2n) is 3.94. The van der Waals surface area contributed by atoms with Crippen molar-refractivity contribution in [3.05, 3.63) is 48.6 Å². The van der Waals surface area contributed by atoms with Gasteiger partial charge in [-0.2, -0.15) is 0 Å². The zero-order valence-electron chi connectivity index (χ0n) is 11.4. The molecule has 1 rings (SSSR count). The number of hydrogen-bond acceptors (Lipinski definition) is 2. The zero-order chi connectivity index (χ0) is 13.1. The quantitative estimate of drug-likeness (QED) is 0.586. The fourth-order valence-electron chi connectivity index (χ4n) is 1.30. The molecule has 0 aliphatic carbocycles. The van der Waals surface area contributed by atoms with Crippen molar-refractivity contribution in [3.8, 4) is 0 Å². The minimum atomic E-state index is -1.88. The van der Waals surface area contributed by atoms with E-state index in [1.54, 1.807) is 20.3 Å². The number of allylic oxidation sites excluding steroid dienone is 1. The van der Waals surface area contributed by atoms with Crippen molar-refractivity contribution in [2.75, 3.05) is 14.2 Å². The van der Waals surface area contributed by atoms with Crippen LogP contribution < -0.4 is 0 Å². The van der Waals surface area contributed by atoms with Crippen molar-refractivity contribution in [1.82, 2.24) is 0 Å². The molecule has 0 aliphatic heterocycles. The van der Waals surface area contributed by atoms with Crippen LogP contribution in [0.15, 0.2) is 43.0 Å². The summed E-state index contributed by atoms with van der Waals surface area (Å²) in [6.45, 7) is 7.34. The van der Waals surface area contributed by atoms with E-state index in [0.717, 1.165) is 12.5 Å². The molecule has 0 aliphatic rings. The smallest absolute Gasteiger partial charge is 0.334 e. The lowest BCUT2D eigenvalue weighted by molar-refractivity contribution is 0.249. The maximum Gasteiger partial charge on any atom is 0.334 e. The van der Waals surface area contributed by atoms with Crippen LogP contribution in [0.2, 0.25) is 12.6 Å². The molecule has 0 fully saturated rings. The molecule has 0 spiro atoms. The molecule has 1 aromatic carbocycles. The minimum Gasteiger partial charge on any atom is -0.398 e. The Hall–Kier alpha value is -0.903. The second kappa shape index (κ2) is 9.16. The van der Waals surface area contributed by atoms with E-state index in [2.05, 4.69) is 37.4 Å². The van der Waals surface area contributed by atoms with Gasteiger partial charge in [-0.15, -0.1) is 6.58 Å². The third-order valence-electron chi connectivity index (χ3n) is 2.57. The highest BCUT2D eigenvalue weighted by Crippen LogP contribution is 2.15. The molecule has 17 heavy (non-hydrogen) atoms. The van der Waals surface area contributed by atoms with Gasteiger partial charge in [0.1, 0.15) is 0 Å². The van der Waals surface area contributed by atoms with Crippen LogP contribution in [0.25, 0.3) is 0 Å². The molecule has 0 N–H and O–H groups in total. The Bertz CT molecular complexity index is 294. The Kier molecular flexibility index (Phi) is 8.67. The van der Waals surface area contributed by atoms with Crippen LogP contribution in [0.5, 0.6) is 0 Å². The van der Waals surface area contributed by atoms with Gasteiger partial charge in [-0.3, -0.25) is 0 Å². The Morgan fingerprint density at radius 3 is 2.06 bits per heavy atom. The molecule has 96 valence electrons. The molecule has 0 saturated heterocycles. The van der Waals surface area contributed by atoms with Crippen LogP contribution >= 0.6 is 0 Å². The molecule has 2 nitrogen and oxygen atoms in total. The molecule has 0 saturated carbocycles. The third-order valence-corrected chi connectivity index (χ3v) is 5.46. The van der Waals surface area contributed by atoms with Crippen LogP contribution in [-0.4, -0.2) is 22.8 Å². The van der Waals surface area contributed by atoms with E-state index in [9.17, 15) is 0 Å². The largest absolute Gasteiger partial charge is 0.398 e. The lowest BCUT2D eigenvalue weighted by Crippen LogP contribution is -2.36. The first-order chi connectivity index (χ1) is 8.11. The van der Waals surface area contributed by atoms with Crippen LogP contribution in [0.1, 0.15) is 12.5 Å². The van der Waals surface area contributed by atoms with E-state index >= 15 is 0 Å². The summed E-state index contributed by atoms with van der Waals surface area (Å²) in [5.41, 5.74) is 1.35. The molecule has 1 aromatic rings. The fourth-order valence-corrected chi connectivity index (χ4v) is 2.62. The Balaban J connectivity index is 0.000000770. The van der Waals surface area contributed by atoms with Crippen molar-refractivity contribution in [2.45, 2.75) is 25.9 Å². The molecule has 0 amide bonds. The van der Waals surface area contributed by atoms with Gasteiger partial charge in [0.25, 0.3) is 0 Å². The Morgan fingerprint density at radius 1 is 1.18 bits per heavy atom. The second-order valence-corrected chi connectivity index (χ2v) is 7.52. The first-order valence-electron chi connectivity index (χ1n) is 5.83. The average molecular weight is 252 g/mol. The lowest BCUT2D eigenvalue weighted by atomic mass is 10.2.